The standard InChI is InChI=1S/C15H21NO/c1-10(2)13-6-5-12-7-8-16(14(12)9-13)15(17)11(3)4/h5-6,9-11H,7-8H2,1-4H3. The first-order chi connectivity index (χ1) is 8.00. The van der Waals surface area contributed by atoms with E-state index in [-0.39, 0.29) is 11.8 Å². The zero-order valence-corrected chi connectivity index (χ0v) is 11.2. The first kappa shape index (κ1) is 12.2. The van der Waals surface area contributed by atoms with E-state index >= 15 is 0 Å². The van der Waals surface area contributed by atoms with Crippen LogP contribution in [0.2, 0.25) is 0 Å². The summed E-state index contributed by atoms with van der Waals surface area (Å²) in [6.07, 6.45) is 0.992. The molecule has 2 heteroatoms. The molecule has 1 heterocycles. The predicted octanol–water partition coefficient (Wildman–Crippen LogP) is 3.36. The molecular weight excluding hydrogens is 210 g/mol. The molecule has 92 valence electrons. The highest BCUT2D eigenvalue weighted by molar-refractivity contribution is 5.96. The van der Waals surface area contributed by atoms with Gasteiger partial charge in [-0.15, -0.1) is 0 Å². The highest BCUT2D eigenvalue weighted by Gasteiger charge is 2.26. The summed E-state index contributed by atoms with van der Waals surface area (Å²) >= 11 is 0. The Bertz CT molecular complexity index is 435. The minimum Gasteiger partial charge on any atom is -0.312 e. The zero-order chi connectivity index (χ0) is 12.6. The van der Waals surface area contributed by atoms with Crippen molar-refractivity contribution in [2.75, 3.05) is 11.4 Å². The van der Waals surface area contributed by atoms with Gasteiger partial charge in [0.15, 0.2) is 0 Å². The van der Waals surface area contributed by atoms with E-state index in [2.05, 4.69) is 32.0 Å². The summed E-state index contributed by atoms with van der Waals surface area (Å²) in [7, 11) is 0. The van der Waals surface area contributed by atoms with Crippen LogP contribution in [0.3, 0.4) is 0 Å². The molecule has 17 heavy (non-hydrogen) atoms. The van der Waals surface area contributed by atoms with Crippen LogP contribution in [0.5, 0.6) is 0 Å². The molecule has 1 aromatic carbocycles. The molecule has 0 fully saturated rings. The van der Waals surface area contributed by atoms with E-state index < -0.39 is 0 Å². The van der Waals surface area contributed by atoms with Crippen molar-refractivity contribution in [1.82, 2.24) is 0 Å². The lowest BCUT2D eigenvalue weighted by molar-refractivity contribution is -0.121. The van der Waals surface area contributed by atoms with E-state index in [4.69, 9.17) is 0 Å². The first-order valence-electron chi connectivity index (χ1n) is 6.45. The largest absolute Gasteiger partial charge is 0.312 e. The topological polar surface area (TPSA) is 20.3 Å². The van der Waals surface area contributed by atoms with Crippen molar-refractivity contribution in [2.24, 2.45) is 5.92 Å². The number of carbonyl (C=O) groups is 1. The van der Waals surface area contributed by atoms with Crippen LogP contribution in [0.15, 0.2) is 18.2 Å². The quantitative estimate of drug-likeness (QED) is 0.764. The Morgan fingerprint density at radius 3 is 2.53 bits per heavy atom. The molecule has 1 aliphatic rings. The molecule has 0 spiro atoms. The van der Waals surface area contributed by atoms with Gasteiger partial charge in [0.25, 0.3) is 0 Å². The maximum absolute atomic E-state index is 12.1. The normalized spacial score (nSPS) is 14.6. The minimum atomic E-state index is 0.0728. The number of rotatable bonds is 2. The molecule has 0 radical (unpaired) electrons. The molecule has 0 N–H and O–H groups in total. The van der Waals surface area contributed by atoms with Crippen molar-refractivity contribution in [3.05, 3.63) is 29.3 Å². The number of nitrogens with zero attached hydrogens (tertiary/aromatic N) is 1. The van der Waals surface area contributed by atoms with Crippen molar-refractivity contribution in [3.8, 4) is 0 Å². The lowest BCUT2D eigenvalue weighted by Crippen LogP contribution is -2.32. The molecule has 0 saturated carbocycles. The van der Waals surface area contributed by atoms with E-state index in [0.717, 1.165) is 18.7 Å². The van der Waals surface area contributed by atoms with Gasteiger partial charge in [-0.2, -0.15) is 0 Å². The molecule has 2 nitrogen and oxygen atoms in total. The fourth-order valence-corrected chi connectivity index (χ4v) is 2.30. The van der Waals surface area contributed by atoms with Gasteiger partial charge in [-0.3, -0.25) is 4.79 Å². The Kier molecular flexibility index (Phi) is 3.23. The van der Waals surface area contributed by atoms with Crippen molar-refractivity contribution >= 4 is 11.6 Å². The van der Waals surface area contributed by atoms with E-state index in [1.807, 2.05) is 18.7 Å². The molecule has 0 bridgehead atoms. The maximum Gasteiger partial charge on any atom is 0.229 e. The molecule has 2 rings (SSSR count). The summed E-state index contributed by atoms with van der Waals surface area (Å²) < 4.78 is 0. The van der Waals surface area contributed by atoms with Gasteiger partial charge >= 0.3 is 0 Å². The van der Waals surface area contributed by atoms with Crippen LogP contribution in [-0.2, 0) is 11.2 Å². The second-order valence-corrected chi connectivity index (χ2v) is 5.44. The van der Waals surface area contributed by atoms with Crippen LogP contribution in [0.1, 0.15) is 44.7 Å². The molecule has 0 aliphatic carbocycles. The van der Waals surface area contributed by atoms with Gasteiger partial charge in [0, 0.05) is 18.2 Å². The Labute approximate surface area is 104 Å². The molecule has 1 aromatic rings. The third-order valence-electron chi connectivity index (χ3n) is 3.43. The molecule has 0 saturated heterocycles. The van der Waals surface area contributed by atoms with Gasteiger partial charge in [-0.05, 0) is 29.5 Å². The van der Waals surface area contributed by atoms with Gasteiger partial charge < -0.3 is 4.90 Å². The fourth-order valence-electron chi connectivity index (χ4n) is 2.30. The van der Waals surface area contributed by atoms with Crippen LogP contribution in [0, 0.1) is 5.92 Å². The van der Waals surface area contributed by atoms with E-state index in [0.29, 0.717) is 5.92 Å². The smallest absolute Gasteiger partial charge is 0.229 e. The zero-order valence-electron chi connectivity index (χ0n) is 11.2. The lowest BCUT2D eigenvalue weighted by Gasteiger charge is -2.20. The maximum atomic E-state index is 12.1. The van der Waals surface area contributed by atoms with Crippen LogP contribution in [0.4, 0.5) is 5.69 Å². The highest BCUT2D eigenvalue weighted by Crippen LogP contribution is 2.32. The first-order valence-corrected chi connectivity index (χ1v) is 6.45. The second-order valence-electron chi connectivity index (χ2n) is 5.44. The van der Waals surface area contributed by atoms with Gasteiger partial charge in [0.05, 0.1) is 0 Å². The number of amides is 1. The van der Waals surface area contributed by atoms with E-state index in [9.17, 15) is 4.79 Å². The molecular formula is C15H21NO. The van der Waals surface area contributed by atoms with Crippen molar-refractivity contribution in [1.29, 1.82) is 0 Å². The average Bonchev–Trinajstić information content (AvgIpc) is 2.70. The third-order valence-corrected chi connectivity index (χ3v) is 3.43. The summed E-state index contributed by atoms with van der Waals surface area (Å²) in [5.41, 5.74) is 3.76. The van der Waals surface area contributed by atoms with Gasteiger partial charge in [-0.25, -0.2) is 0 Å². The number of hydrogen-bond acceptors (Lipinski definition) is 1. The number of benzene rings is 1. The summed E-state index contributed by atoms with van der Waals surface area (Å²) in [5, 5.41) is 0. The highest BCUT2D eigenvalue weighted by atomic mass is 16.2. The number of fused-ring (bicyclic) bond motifs is 1. The summed E-state index contributed by atoms with van der Waals surface area (Å²) in [4.78, 5) is 14.1. The molecule has 1 aliphatic heterocycles. The predicted molar refractivity (Wildman–Crippen MR) is 71.4 cm³/mol. The van der Waals surface area contributed by atoms with Crippen LogP contribution < -0.4 is 4.90 Å². The second kappa shape index (κ2) is 4.52. The van der Waals surface area contributed by atoms with Crippen molar-refractivity contribution < 1.29 is 4.79 Å². The number of anilines is 1. The lowest BCUT2D eigenvalue weighted by atomic mass is 10.0. The SMILES string of the molecule is CC(C)C(=O)N1CCc2ccc(C(C)C)cc21. The minimum absolute atomic E-state index is 0.0728. The third kappa shape index (κ3) is 2.21. The molecule has 0 atom stereocenters. The average molecular weight is 231 g/mol. The summed E-state index contributed by atoms with van der Waals surface area (Å²) in [5.74, 6) is 0.824. The number of hydrogen-bond donors (Lipinski definition) is 0. The van der Waals surface area contributed by atoms with Gasteiger partial charge in [0.2, 0.25) is 5.91 Å². The van der Waals surface area contributed by atoms with E-state index in [1.54, 1.807) is 0 Å². The molecule has 0 unspecified atom stereocenters. The van der Waals surface area contributed by atoms with Gasteiger partial charge in [-0.1, -0.05) is 39.8 Å². The molecule has 1 amide bonds. The van der Waals surface area contributed by atoms with Gasteiger partial charge in [0.1, 0.15) is 0 Å². The monoisotopic (exact) mass is 231 g/mol. The molecule has 0 aromatic heterocycles. The van der Waals surface area contributed by atoms with Crippen LogP contribution in [0.25, 0.3) is 0 Å². The Balaban J connectivity index is 2.36. The fraction of sp³-hybridized carbons (Fsp3) is 0.533. The van der Waals surface area contributed by atoms with Crippen LogP contribution >= 0.6 is 0 Å². The van der Waals surface area contributed by atoms with Crippen LogP contribution in [-0.4, -0.2) is 12.5 Å². The number of carbonyl (C=O) groups excluding carboxylic acids is 1. The summed E-state index contributed by atoms with van der Waals surface area (Å²) in [6.45, 7) is 9.14. The Morgan fingerprint density at radius 1 is 1.24 bits per heavy atom. The van der Waals surface area contributed by atoms with Crippen molar-refractivity contribution in [3.63, 3.8) is 0 Å². The Morgan fingerprint density at radius 2 is 1.94 bits per heavy atom. The van der Waals surface area contributed by atoms with E-state index in [1.165, 1.54) is 11.1 Å². The van der Waals surface area contributed by atoms with Crippen molar-refractivity contribution in [2.45, 2.75) is 40.0 Å². The Hall–Kier alpha value is -1.31. The summed E-state index contributed by atoms with van der Waals surface area (Å²) in [6, 6.07) is 6.55.